The Kier molecular flexibility index (Phi) is 35.8. The predicted octanol–water partition coefficient (Wildman–Crippen LogP) is 12.2. The second-order valence-corrected chi connectivity index (χ2v) is 16.8. The largest absolute Gasteiger partial charge is 0.472 e. The number of phosphoric ester groups is 1. The summed E-state index contributed by atoms with van der Waals surface area (Å²) in [6.45, 7) is 5.51. The van der Waals surface area contributed by atoms with E-state index in [9.17, 15) is 14.3 Å². The molecule has 0 aromatic carbocycles. The van der Waals surface area contributed by atoms with E-state index >= 15 is 0 Å². The van der Waals surface area contributed by atoms with Gasteiger partial charge in [-0.3, -0.25) is 13.8 Å². The minimum absolute atomic E-state index is 0.0864. The van der Waals surface area contributed by atoms with Crippen molar-refractivity contribution >= 4 is 13.8 Å². The third-order valence-electron chi connectivity index (χ3n) is 8.97. The molecule has 0 heterocycles. The molecule has 0 spiro atoms. The first-order chi connectivity index (χ1) is 25.1. The topological polar surface area (TPSA) is 91.3 Å². The molecule has 9 heteroatoms. The zero-order valence-electron chi connectivity index (χ0n) is 34.5. The molecule has 0 aliphatic heterocycles. The molecule has 306 valence electrons. The summed E-state index contributed by atoms with van der Waals surface area (Å²) in [4.78, 5) is 22.8. The van der Waals surface area contributed by atoms with E-state index in [-0.39, 0.29) is 25.8 Å². The Morgan fingerprint density at radius 1 is 0.615 bits per heavy atom. The Bertz CT molecular complexity index is 931. The van der Waals surface area contributed by atoms with Crippen molar-refractivity contribution in [1.82, 2.24) is 0 Å². The minimum Gasteiger partial charge on any atom is -0.457 e. The van der Waals surface area contributed by atoms with Crippen molar-refractivity contribution in [3.63, 3.8) is 0 Å². The number of rotatable bonds is 39. The van der Waals surface area contributed by atoms with E-state index in [0.29, 0.717) is 24.1 Å². The number of unbranched alkanes of at least 4 members (excludes halogenated alkanes) is 19. The normalized spacial score (nSPS) is 14.2. The summed E-state index contributed by atoms with van der Waals surface area (Å²) in [5.74, 6) is -0.326. The van der Waals surface area contributed by atoms with Gasteiger partial charge in [-0.05, 0) is 44.9 Å². The van der Waals surface area contributed by atoms with Crippen molar-refractivity contribution < 1.29 is 37.3 Å². The van der Waals surface area contributed by atoms with Crippen LogP contribution in [0, 0.1) is 0 Å². The molecular formula is C43H83NO7P+. The van der Waals surface area contributed by atoms with Crippen LogP contribution in [-0.4, -0.2) is 75.6 Å². The highest BCUT2D eigenvalue weighted by molar-refractivity contribution is 7.47. The van der Waals surface area contributed by atoms with Crippen LogP contribution in [0.4, 0.5) is 0 Å². The fraction of sp³-hybridized carbons (Fsp3) is 0.837. The monoisotopic (exact) mass is 757 g/mol. The van der Waals surface area contributed by atoms with Gasteiger partial charge in [-0.1, -0.05) is 159 Å². The Labute approximate surface area is 321 Å². The minimum atomic E-state index is -4.27. The number of carbonyl (C=O) groups is 1. The highest BCUT2D eigenvalue weighted by Crippen LogP contribution is 2.43. The van der Waals surface area contributed by atoms with Gasteiger partial charge in [0.25, 0.3) is 0 Å². The van der Waals surface area contributed by atoms with Gasteiger partial charge in [0.05, 0.1) is 34.4 Å². The van der Waals surface area contributed by atoms with Crippen LogP contribution in [0.25, 0.3) is 0 Å². The molecule has 0 saturated carbocycles. The van der Waals surface area contributed by atoms with Gasteiger partial charge in [-0.15, -0.1) is 0 Å². The summed E-state index contributed by atoms with van der Waals surface area (Å²) in [6.07, 6.45) is 41.7. The average molecular weight is 757 g/mol. The fourth-order valence-corrected chi connectivity index (χ4v) is 6.43. The maximum atomic E-state index is 12.7. The third-order valence-corrected chi connectivity index (χ3v) is 9.95. The first-order valence-corrected chi connectivity index (χ1v) is 22.7. The zero-order chi connectivity index (χ0) is 38.4. The molecule has 8 nitrogen and oxygen atoms in total. The molecule has 0 rings (SSSR count). The van der Waals surface area contributed by atoms with E-state index in [1.54, 1.807) is 0 Å². The Hall–Kier alpha value is -1.28. The first kappa shape index (κ1) is 50.7. The van der Waals surface area contributed by atoms with Crippen molar-refractivity contribution in [3.05, 3.63) is 36.5 Å². The number of allylic oxidation sites excluding steroid dienone is 6. The maximum Gasteiger partial charge on any atom is 0.472 e. The molecule has 2 atom stereocenters. The number of hydrogen-bond acceptors (Lipinski definition) is 6. The zero-order valence-corrected chi connectivity index (χ0v) is 35.4. The standard InChI is InChI=1S/C43H82NO7P/c1-6-8-10-12-14-16-18-20-22-23-24-26-28-30-32-34-36-43(45)51-42(41-50-52(46,47)49-39-37-44(3,4)5)40-48-38-35-33-31-29-27-25-21-19-17-15-13-11-9-7-2/h8,10,14,16,20,22,42H,6-7,9,11-13,15,17-19,21,23-41H2,1-5H3/p+1/b10-8+,16-14+,22-20+/t42-/m0/s1. The van der Waals surface area contributed by atoms with Gasteiger partial charge in [-0.25, -0.2) is 4.57 Å². The number of phosphoric acid groups is 1. The average Bonchev–Trinajstić information content (AvgIpc) is 3.09. The van der Waals surface area contributed by atoms with Crippen molar-refractivity contribution in [2.75, 3.05) is 54.1 Å². The summed E-state index contributed by atoms with van der Waals surface area (Å²) < 4.78 is 34.9. The molecule has 0 fully saturated rings. The van der Waals surface area contributed by atoms with Crippen molar-refractivity contribution in [2.24, 2.45) is 0 Å². The number of carbonyl (C=O) groups excluding carboxylic acids is 1. The van der Waals surface area contributed by atoms with Crippen LogP contribution in [0.1, 0.15) is 174 Å². The molecule has 0 aliphatic rings. The first-order valence-electron chi connectivity index (χ1n) is 21.2. The third kappa shape index (κ3) is 39.9. The lowest BCUT2D eigenvalue weighted by Crippen LogP contribution is -2.37. The Balaban J connectivity index is 4.27. The van der Waals surface area contributed by atoms with Crippen molar-refractivity contribution in [2.45, 2.75) is 180 Å². The lowest BCUT2D eigenvalue weighted by atomic mass is 10.0. The van der Waals surface area contributed by atoms with Crippen LogP contribution in [0.3, 0.4) is 0 Å². The number of nitrogens with zero attached hydrogens (tertiary/aromatic N) is 1. The maximum absolute atomic E-state index is 12.7. The summed E-state index contributed by atoms with van der Waals surface area (Å²) in [6, 6.07) is 0. The molecule has 0 aromatic heterocycles. The van der Waals surface area contributed by atoms with Gasteiger partial charge >= 0.3 is 13.8 Å². The smallest absolute Gasteiger partial charge is 0.457 e. The van der Waals surface area contributed by atoms with Crippen LogP contribution in [0.15, 0.2) is 36.5 Å². The lowest BCUT2D eigenvalue weighted by Gasteiger charge is -2.24. The van der Waals surface area contributed by atoms with Gasteiger partial charge in [-0.2, -0.15) is 0 Å². The SMILES string of the molecule is CC/C=C/C/C=C/C/C=C/CCCCCCCCC(=O)O[C@@H](COCCCCCCCCCCCCCCCC)COP(=O)(O)OCC[N+](C)(C)C. The van der Waals surface area contributed by atoms with Crippen molar-refractivity contribution in [3.8, 4) is 0 Å². The Morgan fingerprint density at radius 2 is 1.12 bits per heavy atom. The quantitative estimate of drug-likeness (QED) is 0.0219. The van der Waals surface area contributed by atoms with Gasteiger partial charge in [0.2, 0.25) is 0 Å². The molecule has 0 amide bonds. The number of ether oxygens (including phenoxy) is 2. The number of hydrogen-bond donors (Lipinski definition) is 1. The molecule has 52 heavy (non-hydrogen) atoms. The molecule has 0 aromatic rings. The molecule has 0 radical (unpaired) electrons. The number of esters is 1. The van der Waals surface area contributed by atoms with Crippen LogP contribution >= 0.6 is 7.82 Å². The molecule has 0 saturated heterocycles. The number of quaternary nitrogens is 1. The van der Waals surface area contributed by atoms with Crippen LogP contribution in [-0.2, 0) is 27.9 Å². The second-order valence-electron chi connectivity index (χ2n) is 15.3. The summed E-state index contributed by atoms with van der Waals surface area (Å²) in [5.41, 5.74) is 0. The van der Waals surface area contributed by atoms with Crippen LogP contribution < -0.4 is 0 Å². The van der Waals surface area contributed by atoms with Gasteiger partial charge in [0, 0.05) is 13.0 Å². The molecule has 0 bridgehead atoms. The van der Waals surface area contributed by atoms with E-state index in [4.69, 9.17) is 18.5 Å². The molecule has 1 unspecified atom stereocenters. The molecule has 1 N–H and O–H groups in total. The number of likely N-dealkylation sites (N-methyl/N-ethyl adjacent to an activating group) is 1. The lowest BCUT2D eigenvalue weighted by molar-refractivity contribution is -0.870. The van der Waals surface area contributed by atoms with Crippen LogP contribution in [0.2, 0.25) is 0 Å². The van der Waals surface area contributed by atoms with Gasteiger partial charge < -0.3 is 18.9 Å². The fourth-order valence-electron chi connectivity index (χ4n) is 5.68. The van der Waals surface area contributed by atoms with E-state index in [2.05, 4.69) is 50.3 Å². The highest BCUT2D eigenvalue weighted by atomic mass is 31.2. The van der Waals surface area contributed by atoms with Gasteiger partial charge in [0.15, 0.2) is 0 Å². The van der Waals surface area contributed by atoms with E-state index in [0.717, 1.165) is 64.2 Å². The van der Waals surface area contributed by atoms with Crippen molar-refractivity contribution in [1.29, 1.82) is 0 Å². The highest BCUT2D eigenvalue weighted by Gasteiger charge is 2.26. The predicted molar refractivity (Wildman–Crippen MR) is 220 cm³/mol. The molecule has 0 aliphatic carbocycles. The van der Waals surface area contributed by atoms with E-state index < -0.39 is 13.9 Å². The van der Waals surface area contributed by atoms with E-state index in [1.807, 2.05) is 21.1 Å². The summed E-state index contributed by atoms with van der Waals surface area (Å²) in [5, 5.41) is 0. The Morgan fingerprint density at radius 3 is 1.67 bits per heavy atom. The van der Waals surface area contributed by atoms with E-state index in [1.165, 1.54) is 89.9 Å². The summed E-state index contributed by atoms with van der Waals surface area (Å²) >= 11 is 0. The van der Waals surface area contributed by atoms with Gasteiger partial charge in [0.1, 0.15) is 19.3 Å². The molecular weight excluding hydrogens is 673 g/mol. The second kappa shape index (κ2) is 36.7. The summed E-state index contributed by atoms with van der Waals surface area (Å²) in [7, 11) is 1.66. The van der Waals surface area contributed by atoms with Crippen LogP contribution in [0.5, 0.6) is 0 Å².